The molecular weight excluding hydrogens is 264 g/mol. The van der Waals surface area contributed by atoms with E-state index in [1.165, 1.54) is 18.4 Å². The van der Waals surface area contributed by atoms with Crippen molar-refractivity contribution in [2.75, 3.05) is 0 Å². The lowest BCUT2D eigenvalue weighted by Gasteiger charge is -2.04. The van der Waals surface area contributed by atoms with Gasteiger partial charge in [-0.2, -0.15) is 0 Å². The highest BCUT2D eigenvalue weighted by Gasteiger charge is 2.11. The van der Waals surface area contributed by atoms with Crippen molar-refractivity contribution >= 4 is 22.6 Å². The largest absolute Gasteiger partial charge is 0.506 e. The molecule has 0 unspecified atom stereocenters. The lowest BCUT2D eigenvalue weighted by molar-refractivity contribution is 0.474. The minimum atomic E-state index is -0.172. The number of hydrogen-bond donors (Lipinski definition) is 1. The molecule has 0 saturated heterocycles. The van der Waals surface area contributed by atoms with E-state index in [1.54, 1.807) is 0 Å². The molecule has 0 fully saturated rings. The first-order valence-corrected chi connectivity index (χ1v) is 6.04. The van der Waals surface area contributed by atoms with Crippen LogP contribution in [0.15, 0.2) is 57.9 Å². The first kappa shape index (κ1) is 11.8. The molecule has 0 aliphatic carbocycles. The van der Waals surface area contributed by atoms with Gasteiger partial charge < -0.3 is 9.52 Å². The van der Waals surface area contributed by atoms with Crippen molar-refractivity contribution in [1.29, 1.82) is 0 Å². The Morgan fingerprint density at radius 2 is 1.84 bits per heavy atom. The van der Waals surface area contributed by atoms with Crippen LogP contribution in [0.3, 0.4) is 0 Å². The summed E-state index contributed by atoms with van der Waals surface area (Å²) in [6.07, 6.45) is 1.40. The quantitative estimate of drug-likeness (QED) is 0.733. The summed E-state index contributed by atoms with van der Waals surface area (Å²) in [4.78, 5) is 12.4. The third-order valence-corrected chi connectivity index (χ3v) is 3.23. The fourth-order valence-electron chi connectivity index (χ4n) is 1.96. The topological polar surface area (TPSA) is 50.4 Å². The second-order valence-corrected chi connectivity index (χ2v) is 4.55. The lowest BCUT2D eigenvalue weighted by Crippen LogP contribution is -2.04. The summed E-state index contributed by atoms with van der Waals surface area (Å²) < 4.78 is 5.40. The minimum Gasteiger partial charge on any atom is -0.506 e. The Balaban J connectivity index is 2.33. The van der Waals surface area contributed by atoms with Crippen molar-refractivity contribution < 1.29 is 9.52 Å². The predicted molar refractivity (Wildman–Crippen MR) is 74.6 cm³/mol. The fraction of sp³-hybridized carbons (Fsp3) is 0. The predicted octanol–water partition coefficient (Wildman–Crippen LogP) is 3.82. The van der Waals surface area contributed by atoms with Crippen LogP contribution in [0.5, 0.6) is 5.75 Å². The van der Waals surface area contributed by atoms with Crippen LogP contribution >= 0.6 is 11.6 Å². The third kappa shape index (κ3) is 1.98. The summed E-state index contributed by atoms with van der Waals surface area (Å²) in [6.45, 7) is 0. The molecule has 0 bridgehead atoms. The minimum absolute atomic E-state index is 0.107. The molecule has 1 heterocycles. The van der Waals surface area contributed by atoms with Crippen molar-refractivity contribution in [3.63, 3.8) is 0 Å². The van der Waals surface area contributed by atoms with E-state index in [2.05, 4.69) is 0 Å². The molecule has 3 aromatic rings. The molecule has 3 nitrogen and oxygen atoms in total. The Bertz CT molecular complexity index is 807. The van der Waals surface area contributed by atoms with E-state index in [1.807, 2.05) is 30.3 Å². The van der Waals surface area contributed by atoms with Crippen LogP contribution < -0.4 is 5.43 Å². The smallest absolute Gasteiger partial charge is 0.200 e. The summed E-state index contributed by atoms with van der Waals surface area (Å²) in [7, 11) is 0. The summed E-state index contributed by atoms with van der Waals surface area (Å²) in [5.41, 5.74) is 1.39. The van der Waals surface area contributed by atoms with Crippen LogP contribution in [0.1, 0.15) is 0 Å². The first-order valence-electron chi connectivity index (χ1n) is 5.66. The third-order valence-electron chi connectivity index (χ3n) is 2.93. The maximum absolute atomic E-state index is 12.4. The molecule has 0 aliphatic rings. The second-order valence-electron chi connectivity index (χ2n) is 4.14. The van der Waals surface area contributed by atoms with Crippen molar-refractivity contribution in [3.8, 4) is 16.9 Å². The van der Waals surface area contributed by atoms with Gasteiger partial charge in [-0.15, -0.1) is 0 Å². The van der Waals surface area contributed by atoms with Gasteiger partial charge in [0.05, 0.1) is 16.0 Å². The fourth-order valence-corrected chi connectivity index (χ4v) is 2.12. The molecule has 94 valence electrons. The maximum atomic E-state index is 12.4. The van der Waals surface area contributed by atoms with Gasteiger partial charge in [0.25, 0.3) is 0 Å². The summed E-state index contributed by atoms with van der Waals surface area (Å²) in [5, 5.41) is 9.98. The van der Waals surface area contributed by atoms with Gasteiger partial charge in [-0.1, -0.05) is 41.9 Å². The van der Waals surface area contributed by atoms with Crippen LogP contribution in [0.2, 0.25) is 5.02 Å². The Morgan fingerprint density at radius 3 is 2.58 bits per heavy atom. The van der Waals surface area contributed by atoms with Crippen molar-refractivity contribution in [1.82, 2.24) is 0 Å². The number of benzene rings is 2. The standard InChI is InChI=1S/C15H9ClO3/c16-12-6-10-14(7-13(12)17)19-8-11(15(10)18)9-4-2-1-3-5-9/h1-8,17H. The zero-order valence-electron chi connectivity index (χ0n) is 9.76. The average Bonchev–Trinajstić information content (AvgIpc) is 2.42. The van der Waals surface area contributed by atoms with Crippen LogP contribution in [0.25, 0.3) is 22.1 Å². The zero-order valence-corrected chi connectivity index (χ0v) is 10.5. The molecule has 0 atom stereocenters. The molecule has 4 heteroatoms. The maximum Gasteiger partial charge on any atom is 0.200 e. The number of halogens is 1. The number of phenolic OH excluding ortho intramolecular Hbond substituents is 1. The molecule has 0 saturated carbocycles. The van der Waals surface area contributed by atoms with Gasteiger partial charge in [-0.25, -0.2) is 0 Å². The van der Waals surface area contributed by atoms with Crippen LogP contribution in [0.4, 0.5) is 0 Å². The zero-order chi connectivity index (χ0) is 13.4. The van der Waals surface area contributed by atoms with Crippen LogP contribution in [0, 0.1) is 0 Å². The molecule has 0 amide bonds. The molecule has 2 aromatic carbocycles. The molecule has 0 spiro atoms. The first-order chi connectivity index (χ1) is 9.16. The summed E-state index contributed by atoms with van der Waals surface area (Å²) in [6, 6.07) is 12.0. The molecule has 19 heavy (non-hydrogen) atoms. The van der Waals surface area contributed by atoms with Gasteiger partial charge in [0.15, 0.2) is 0 Å². The Hall–Kier alpha value is -2.26. The highest BCUT2D eigenvalue weighted by Crippen LogP contribution is 2.28. The molecule has 0 radical (unpaired) electrons. The van der Waals surface area contributed by atoms with Gasteiger partial charge >= 0.3 is 0 Å². The van der Waals surface area contributed by atoms with Gasteiger partial charge in [-0.05, 0) is 11.6 Å². The molecule has 0 aliphatic heterocycles. The summed E-state index contributed by atoms with van der Waals surface area (Å²) in [5.74, 6) is -0.107. The highest BCUT2D eigenvalue weighted by molar-refractivity contribution is 6.32. The van der Waals surface area contributed by atoms with E-state index in [-0.39, 0.29) is 16.2 Å². The Kier molecular flexibility index (Phi) is 2.76. The molecule has 3 rings (SSSR count). The van der Waals surface area contributed by atoms with E-state index in [9.17, 15) is 9.90 Å². The van der Waals surface area contributed by atoms with E-state index in [0.717, 1.165) is 5.56 Å². The van der Waals surface area contributed by atoms with Crippen LogP contribution in [-0.4, -0.2) is 5.11 Å². The number of rotatable bonds is 1. The summed E-state index contributed by atoms with van der Waals surface area (Å²) >= 11 is 5.83. The molecule has 1 aromatic heterocycles. The number of phenols is 1. The monoisotopic (exact) mass is 272 g/mol. The highest BCUT2D eigenvalue weighted by atomic mass is 35.5. The van der Waals surface area contributed by atoms with Gasteiger partial charge in [0.2, 0.25) is 5.43 Å². The number of fused-ring (bicyclic) bond motifs is 1. The van der Waals surface area contributed by atoms with Crippen molar-refractivity contribution in [2.45, 2.75) is 0 Å². The van der Waals surface area contributed by atoms with Gasteiger partial charge in [0.1, 0.15) is 17.6 Å². The van der Waals surface area contributed by atoms with Crippen LogP contribution in [-0.2, 0) is 0 Å². The van der Waals surface area contributed by atoms with E-state index < -0.39 is 0 Å². The van der Waals surface area contributed by atoms with E-state index in [4.69, 9.17) is 16.0 Å². The molecule has 1 N–H and O–H groups in total. The number of aromatic hydroxyl groups is 1. The van der Waals surface area contributed by atoms with Gasteiger partial charge in [0, 0.05) is 6.07 Å². The van der Waals surface area contributed by atoms with Crippen molar-refractivity contribution in [2.24, 2.45) is 0 Å². The Labute approximate surface area is 113 Å². The van der Waals surface area contributed by atoms with E-state index >= 15 is 0 Å². The Morgan fingerprint density at radius 1 is 1.11 bits per heavy atom. The normalized spacial score (nSPS) is 10.8. The van der Waals surface area contributed by atoms with Gasteiger partial charge in [-0.3, -0.25) is 4.79 Å². The average molecular weight is 273 g/mol. The van der Waals surface area contributed by atoms with E-state index in [0.29, 0.717) is 16.5 Å². The SMILES string of the molecule is O=c1c(-c2ccccc2)coc2cc(O)c(Cl)cc12. The second kappa shape index (κ2) is 4.44. The molecular formula is C15H9ClO3. The number of hydrogen-bond acceptors (Lipinski definition) is 3. The van der Waals surface area contributed by atoms with Crippen molar-refractivity contribution in [3.05, 3.63) is 64.0 Å². The lowest BCUT2D eigenvalue weighted by atomic mass is 10.1.